The highest BCUT2D eigenvalue weighted by Crippen LogP contribution is 2.51. The summed E-state index contributed by atoms with van der Waals surface area (Å²) >= 11 is 1.96. The van der Waals surface area contributed by atoms with E-state index in [9.17, 15) is 5.11 Å². The molecule has 4 nitrogen and oxygen atoms in total. The van der Waals surface area contributed by atoms with Crippen molar-refractivity contribution in [2.24, 2.45) is 11.1 Å². The van der Waals surface area contributed by atoms with Crippen molar-refractivity contribution in [3.05, 3.63) is 59.2 Å². The number of ether oxygens (including phenoxy) is 1. The Balaban J connectivity index is 1.82. The van der Waals surface area contributed by atoms with Gasteiger partial charge >= 0.3 is 0 Å². The van der Waals surface area contributed by atoms with E-state index in [0.29, 0.717) is 13.2 Å². The van der Waals surface area contributed by atoms with E-state index >= 15 is 0 Å². The van der Waals surface area contributed by atoms with Crippen molar-refractivity contribution in [2.45, 2.75) is 89.1 Å². The fraction of sp³-hybridized carbons (Fsp3) is 0.613. The van der Waals surface area contributed by atoms with Crippen molar-refractivity contribution in [1.29, 1.82) is 0 Å². The fourth-order valence-corrected chi connectivity index (χ4v) is 6.82. The Bertz CT molecular complexity index is 894. The Morgan fingerprint density at radius 3 is 2.39 bits per heavy atom. The third kappa shape index (κ3) is 7.74. The molecule has 0 fully saturated rings. The number of fused-ring (bicyclic) bond motifs is 1. The van der Waals surface area contributed by atoms with Gasteiger partial charge in [0.15, 0.2) is 0 Å². The first-order valence-electron chi connectivity index (χ1n) is 14.1. The van der Waals surface area contributed by atoms with E-state index in [-0.39, 0.29) is 11.3 Å². The monoisotopic (exact) mass is 512 g/mol. The molecular weight excluding hydrogens is 464 g/mol. The van der Waals surface area contributed by atoms with E-state index in [4.69, 9.17) is 10.5 Å². The van der Waals surface area contributed by atoms with Crippen LogP contribution < -0.4 is 15.8 Å². The minimum Gasteiger partial charge on any atom is -0.494 e. The van der Waals surface area contributed by atoms with Gasteiger partial charge < -0.3 is 20.9 Å². The maximum absolute atomic E-state index is 12.2. The number of rotatable bonds is 15. The third-order valence-corrected chi connectivity index (χ3v) is 8.99. The normalized spacial score (nSPS) is 19.0. The number of unbranched alkanes of at least 4 members (excludes halogenated alkanes) is 3. The summed E-state index contributed by atoms with van der Waals surface area (Å²) in [6.45, 7) is 9.92. The first-order chi connectivity index (χ1) is 17.5. The quantitative estimate of drug-likeness (QED) is 0.233. The highest BCUT2D eigenvalue weighted by Gasteiger charge is 2.45. The fourth-order valence-electron chi connectivity index (χ4n) is 5.40. The lowest BCUT2D eigenvalue weighted by Crippen LogP contribution is -2.41. The number of aryl methyl sites for hydroxylation is 1. The van der Waals surface area contributed by atoms with Crippen LogP contribution in [0.1, 0.15) is 87.8 Å². The van der Waals surface area contributed by atoms with Crippen LogP contribution in [0.5, 0.6) is 5.75 Å². The first-order valence-corrected chi connectivity index (χ1v) is 15.1. The Morgan fingerprint density at radius 2 is 1.72 bits per heavy atom. The van der Waals surface area contributed by atoms with Crippen molar-refractivity contribution in [2.75, 3.05) is 32.0 Å². The summed E-state index contributed by atoms with van der Waals surface area (Å²) < 4.78 is 6.02. The second-order valence-electron chi connectivity index (χ2n) is 10.5. The molecule has 0 spiro atoms. The highest BCUT2D eigenvalue weighted by molar-refractivity contribution is 7.99. The number of nitrogens with one attached hydrogen (secondary N) is 1. The summed E-state index contributed by atoms with van der Waals surface area (Å²) in [6, 6.07) is 15.3. The van der Waals surface area contributed by atoms with Crippen molar-refractivity contribution in [3.8, 4) is 5.75 Å². The molecule has 200 valence electrons. The molecule has 4 N–H and O–H groups in total. The number of thioether (sulfide) groups is 1. The molecule has 2 atom stereocenters. The minimum atomic E-state index is -0.404. The zero-order chi connectivity index (χ0) is 25.8. The van der Waals surface area contributed by atoms with Gasteiger partial charge in [-0.3, -0.25) is 0 Å². The maximum Gasteiger partial charge on any atom is 0.119 e. The molecule has 0 amide bonds. The highest BCUT2D eigenvalue weighted by atomic mass is 32.2. The Labute approximate surface area is 223 Å². The van der Waals surface area contributed by atoms with Crippen molar-refractivity contribution in [3.63, 3.8) is 0 Å². The molecule has 1 aliphatic rings. The second kappa shape index (κ2) is 15.0. The van der Waals surface area contributed by atoms with Crippen LogP contribution in [-0.2, 0) is 0 Å². The molecule has 3 rings (SSSR count). The first kappa shape index (κ1) is 29.0. The van der Waals surface area contributed by atoms with Crippen LogP contribution in [0.25, 0.3) is 0 Å². The van der Waals surface area contributed by atoms with E-state index in [1.165, 1.54) is 21.6 Å². The van der Waals surface area contributed by atoms with Crippen LogP contribution in [0, 0.1) is 12.3 Å². The van der Waals surface area contributed by atoms with Crippen molar-refractivity contribution in [1.82, 2.24) is 5.32 Å². The lowest BCUT2D eigenvalue weighted by Gasteiger charge is -2.40. The van der Waals surface area contributed by atoms with E-state index in [0.717, 1.165) is 76.0 Å². The molecule has 0 saturated carbocycles. The lowest BCUT2D eigenvalue weighted by atomic mass is 9.68. The number of hydrogen-bond acceptors (Lipinski definition) is 5. The van der Waals surface area contributed by atoms with Crippen LogP contribution in [-0.4, -0.2) is 43.2 Å². The smallest absolute Gasteiger partial charge is 0.119 e. The third-order valence-electron chi connectivity index (χ3n) is 7.59. The molecule has 0 saturated heterocycles. The molecule has 0 aromatic heterocycles. The molecule has 1 heterocycles. The molecule has 0 radical (unpaired) electrons. The Morgan fingerprint density at radius 1 is 1.00 bits per heavy atom. The van der Waals surface area contributed by atoms with Gasteiger partial charge in [-0.05, 0) is 68.5 Å². The zero-order valence-corrected chi connectivity index (χ0v) is 23.5. The average molecular weight is 513 g/mol. The van der Waals surface area contributed by atoms with Gasteiger partial charge in [0.05, 0.1) is 12.7 Å². The lowest BCUT2D eigenvalue weighted by molar-refractivity contribution is 0.0135. The van der Waals surface area contributed by atoms with Gasteiger partial charge in [0.1, 0.15) is 5.75 Å². The van der Waals surface area contributed by atoms with Crippen LogP contribution >= 0.6 is 11.8 Å². The van der Waals surface area contributed by atoms with E-state index in [2.05, 4.69) is 68.6 Å². The zero-order valence-electron chi connectivity index (χ0n) is 22.7. The van der Waals surface area contributed by atoms with Crippen LogP contribution in [0.4, 0.5) is 0 Å². The van der Waals surface area contributed by atoms with Gasteiger partial charge in [-0.25, -0.2) is 0 Å². The molecule has 2 aromatic rings. The Hall–Kier alpha value is -1.53. The van der Waals surface area contributed by atoms with Crippen LogP contribution in [0.3, 0.4) is 0 Å². The molecule has 2 unspecified atom stereocenters. The molecular formula is C31H48N2O2S. The number of aliphatic hydroxyl groups excluding tert-OH is 1. The average Bonchev–Trinajstić information content (AvgIpc) is 3.00. The van der Waals surface area contributed by atoms with Crippen LogP contribution in [0.2, 0.25) is 0 Å². The summed E-state index contributed by atoms with van der Waals surface area (Å²) in [4.78, 5) is 1.32. The van der Waals surface area contributed by atoms with Gasteiger partial charge in [0.25, 0.3) is 0 Å². The number of aliphatic hydroxyl groups is 1. The topological polar surface area (TPSA) is 67.5 Å². The van der Waals surface area contributed by atoms with Crippen molar-refractivity contribution >= 4 is 11.8 Å². The van der Waals surface area contributed by atoms with Crippen LogP contribution in [0.15, 0.2) is 47.4 Å². The van der Waals surface area contributed by atoms with Gasteiger partial charge in [0, 0.05) is 35.1 Å². The number of nitrogens with two attached hydrogens (primary N) is 1. The molecule has 1 aliphatic heterocycles. The summed E-state index contributed by atoms with van der Waals surface area (Å²) in [5.41, 5.74) is 9.17. The summed E-state index contributed by atoms with van der Waals surface area (Å²) in [5, 5.41) is 15.5. The predicted octanol–water partition coefficient (Wildman–Crippen LogP) is 6.67. The molecule has 5 heteroatoms. The summed E-state index contributed by atoms with van der Waals surface area (Å²) in [7, 11) is 0. The van der Waals surface area contributed by atoms with Gasteiger partial charge in [0.2, 0.25) is 0 Å². The van der Waals surface area contributed by atoms with Gasteiger partial charge in [-0.2, -0.15) is 0 Å². The molecule has 0 aliphatic carbocycles. The molecule has 36 heavy (non-hydrogen) atoms. The Kier molecular flexibility index (Phi) is 12.1. The van der Waals surface area contributed by atoms with E-state index < -0.39 is 6.10 Å². The predicted molar refractivity (Wildman–Crippen MR) is 154 cm³/mol. The standard InChI is InChI=1S/C31H48N2O2S/c1-4-6-16-31(17-7-5-2)23-36-28-15-10-24(3)22-27(28)29(30(31)34)25-11-13-26(14-12-25)35-21-9-8-19-33-20-18-32/h10-15,22,29-30,33-34H,4-9,16-21,23,32H2,1-3H3. The van der Waals surface area contributed by atoms with E-state index in [1.54, 1.807) is 0 Å². The number of benzene rings is 2. The molecule has 0 bridgehead atoms. The number of hydrogen-bond donors (Lipinski definition) is 3. The molecule has 2 aromatic carbocycles. The van der Waals surface area contributed by atoms with Gasteiger partial charge in [-0.1, -0.05) is 69.4 Å². The summed E-state index contributed by atoms with van der Waals surface area (Å²) in [6.07, 6.45) is 8.52. The largest absolute Gasteiger partial charge is 0.494 e. The SMILES string of the molecule is CCCCC1(CCCC)CSc2ccc(C)cc2C(c2ccc(OCCCCNCCN)cc2)C1O. The van der Waals surface area contributed by atoms with E-state index in [1.807, 2.05) is 11.8 Å². The minimum absolute atomic E-state index is 0.0220. The summed E-state index contributed by atoms with van der Waals surface area (Å²) in [5.74, 6) is 1.87. The van der Waals surface area contributed by atoms with Gasteiger partial charge in [-0.15, -0.1) is 11.8 Å². The maximum atomic E-state index is 12.2. The van der Waals surface area contributed by atoms with Crippen molar-refractivity contribution < 1.29 is 9.84 Å². The second-order valence-corrected chi connectivity index (χ2v) is 11.5.